The number of methoxy groups -OCH3 is 1. The lowest BCUT2D eigenvalue weighted by molar-refractivity contribution is 0.167. The van der Waals surface area contributed by atoms with E-state index in [4.69, 9.17) is 27.9 Å². The van der Waals surface area contributed by atoms with E-state index in [1.807, 2.05) is 0 Å². The van der Waals surface area contributed by atoms with Crippen LogP contribution in [0.5, 0.6) is 5.88 Å². The molecule has 0 aliphatic carbocycles. The summed E-state index contributed by atoms with van der Waals surface area (Å²) in [6.07, 6.45) is 2.34. The van der Waals surface area contributed by atoms with Crippen molar-refractivity contribution in [1.82, 2.24) is 4.98 Å². The highest BCUT2D eigenvalue weighted by Crippen LogP contribution is 2.29. The Morgan fingerprint density at radius 1 is 1.25 bits per heavy atom. The van der Waals surface area contributed by atoms with Gasteiger partial charge < -0.3 is 9.84 Å². The molecule has 24 heavy (non-hydrogen) atoms. The Labute approximate surface area is 151 Å². The molecule has 1 atom stereocenters. The summed E-state index contributed by atoms with van der Waals surface area (Å²) in [6, 6.07) is 6.44. The van der Waals surface area contributed by atoms with Gasteiger partial charge in [0.1, 0.15) is 0 Å². The van der Waals surface area contributed by atoms with E-state index in [9.17, 15) is 13.5 Å². The number of sulfone groups is 1. The number of rotatable bonds is 6. The minimum Gasteiger partial charge on any atom is -0.481 e. The molecule has 1 heterocycles. The number of halogens is 2. The van der Waals surface area contributed by atoms with Gasteiger partial charge in [0.05, 0.1) is 28.2 Å². The predicted octanol–water partition coefficient (Wildman–Crippen LogP) is 3.47. The summed E-state index contributed by atoms with van der Waals surface area (Å²) < 4.78 is 28.5. The van der Waals surface area contributed by atoms with Crippen molar-refractivity contribution < 1.29 is 18.3 Å². The molecule has 0 bridgehead atoms. The Bertz CT molecular complexity index is 840. The molecular weight excluding hydrogens is 373 g/mol. The molecule has 0 amide bonds. The molecule has 0 saturated heterocycles. The van der Waals surface area contributed by atoms with Crippen LogP contribution in [0, 0.1) is 0 Å². The summed E-state index contributed by atoms with van der Waals surface area (Å²) >= 11 is 11.8. The zero-order valence-corrected chi connectivity index (χ0v) is 15.5. The van der Waals surface area contributed by atoms with Gasteiger partial charge in [0.2, 0.25) is 5.88 Å². The second-order valence-electron chi connectivity index (χ2n) is 5.34. The molecular formula is C16H17Cl2NO4S. The van der Waals surface area contributed by atoms with Gasteiger partial charge in [0.15, 0.2) is 9.84 Å². The molecule has 0 aliphatic rings. The minimum atomic E-state index is -3.36. The molecule has 0 radical (unpaired) electrons. The largest absolute Gasteiger partial charge is 0.481 e. The van der Waals surface area contributed by atoms with Gasteiger partial charge in [-0.3, -0.25) is 0 Å². The van der Waals surface area contributed by atoms with Crippen LogP contribution in [0.15, 0.2) is 35.4 Å². The monoisotopic (exact) mass is 389 g/mol. The Kier molecular flexibility index (Phi) is 6.09. The maximum atomic E-state index is 11.7. The first-order valence-electron chi connectivity index (χ1n) is 7.08. The van der Waals surface area contributed by atoms with E-state index in [0.717, 1.165) is 6.26 Å². The fourth-order valence-electron chi connectivity index (χ4n) is 2.22. The van der Waals surface area contributed by atoms with Gasteiger partial charge in [-0.1, -0.05) is 29.3 Å². The van der Waals surface area contributed by atoms with Crippen LogP contribution in [0.2, 0.25) is 10.0 Å². The number of aromatic nitrogens is 1. The first-order chi connectivity index (χ1) is 11.2. The molecule has 130 valence electrons. The number of benzene rings is 1. The molecule has 2 aromatic rings. The number of nitrogens with zero attached hydrogens (tertiary/aromatic N) is 1. The Balaban J connectivity index is 2.19. The van der Waals surface area contributed by atoms with Gasteiger partial charge in [-0.15, -0.1) is 0 Å². The van der Waals surface area contributed by atoms with Crippen LogP contribution in [0.3, 0.4) is 0 Å². The Morgan fingerprint density at radius 3 is 2.54 bits per heavy atom. The smallest absolute Gasteiger partial charge is 0.216 e. The second kappa shape index (κ2) is 7.70. The van der Waals surface area contributed by atoms with E-state index >= 15 is 0 Å². The molecule has 0 fully saturated rings. The van der Waals surface area contributed by atoms with E-state index in [2.05, 4.69) is 4.98 Å². The molecule has 5 nitrogen and oxygen atoms in total. The first kappa shape index (κ1) is 19.0. The van der Waals surface area contributed by atoms with Gasteiger partial charge in [-0.05, 0) is 36.6 Å². The van der Waals surface area contributed by atoms with Crippen molar-refractivity contribution in [3.63, 3.8) is 0 Å². The summed E-state index contributed by atoms with van der Waals surface area (Å²) in [6.45, 7) is 0. The van der Waals surface area contributed by atoms with E-state index in [0.29, 0.717) is 39.9 Å². The number of hydrogen-bond acceptors (Lipinski definition) is 5. The Morgan fingerprint density at radius 2 is 1.96 bits per heavy atom. The zero-order valence-electron chi connectivity index (χ0n) is 13.2. The third-order valence-electron chi connectivity index (χ3n) is 3.54. The van der Waals surface area contributed by atoms with Crippen LogP contribution in [-0.4, -0.2) is 31.9 Å². The van der Waals surface area contributed by atoms with Crippen LogP contribution in [0.1, 0.15) is 23.7 Å². The van der Waals surface area contributed by atoms with Crippen molar-refractivity contribution in [3.05, 3.63) is 51.6 Å². The maximum absolute atomic E-state index is 11.7. The summed E-state index contributed by atoms with van der Waals surface area (Å²) in [5, 5.41) is 11.1. The van der Waals surface area contributed by atoms with Crippen molar-refractivity contribution in [2.24, 2.45) is 0 Å². The van der Waals surface area contributed by atoms with Crippen LogP contribution >= 0.6 is 23.2 Å². The number of ether oxygens (including phenoxy) is 1. The van der Waals surface area contributed by atoms with Crippen LogP contribution in [-0.2, 0) is 16.3 Å². The van der Waals surface area contributed by atoms with E-state index in [1.54, 1.807) is 18.2 Å². The molecule has 1 aromatic heterocycles. The van der Waals surface area contributed by atoms with E-state index < -0.39 is 15.9 Å². The SMILES string of the molecule is COc1ncc(S(C)(=O)=O)cc1CCC(O)c1ccc(Cl)c(Cl)c1. The lowest BCUT2D eigenvalue weighted by Gasteiger charge is -2.13. The predicted molar refractivity (Wildman–Crippen MR) is 93.6 cm³/mol. The van der Waals surface area contributed by atoms with Gasteiger partial charge in [-0.2, -0.15) is 0 Å². The molecule has 1 N–H and O–H groups in total. The Hall–Kier alpha value is -1.34. The van der Waals surface area contributed by atoms with Crippen molar-refractivity contribution in [3.8, 4) is 5.88 Å². The highest BCUT2D eigenvalue weighted by Gasteiger charge is 2.15. The summed E-state index contributed by atoms with van der Waals surface area (Å²) in [7, 11) is -1.90. The summed E-state index contributed by atoms with van der Waals surface area (Å²) in [4.78, 5) is 4.13. The fraction of sp³-hybridized carbons (Fsp3) is 0.312. The van der Waals surface area contributed by atoms with E-state index in [1.165, 1.54) is 19.4 Å². The number of aryl methyl sites for hydroxylation is 1. The number of pyridine rings is 1. The van der Waals surface area contributed by atoms with Gasteiger partial charge in [0.25, 0.3) is 0 Å². The highest BCUT2D eigenvalue weighted by molar-refractivity contribution is 7.90. The fourth-order valence-corrected chi connectivity index (χ4v) is 3.13. The van der Waals surface area contributed by atoms with E-state index in [-0.39, 0.29) is 4.90 Å². The maximum Gasteiger partial charge on any atom is 0.216 e. The minimum absolute atomic E-state index is 0.113. The number of aliphatic hydroxyl groups excluding tert-OH is 1. The van der Waals surface area contributed by atoms with Crippen molar-refractivity contribution in [2.45, 2.75) is 23.8 Å². The zero-order chi connectivity index (χ0) is 17.9. The van der Waals surface area contributed by atoms with Crippen molar-refractivity contribution in [2.75, 3.05) is 13.4 Å². The third kappa shape index (κ3) is 4.60. The highest BCUT2D eigenvalue weighted by atomic mass is 35.5. The van der Waals surface area contributed by atoms with Gasteiger partial charge in [0, 0.05) is 18.0 Å². The lowest BCUT2D eigenvalue weighted by Crippen LogP contribution is -2.05. The van der Waals surface area contributed by atoms with Crippen LogP contribution in [0.25, 0.3) is 0 Å². The molecule has 0 saturated carbocycles. The van der Waals surface area contributed by atoms with Crippen molar-refractivity contribution in [1.29, 1.82) is 0 Å². The molecule has 0 aliphatic heterocycles. The molecule has 8 heteroatoms. The second-order valence-corrected chi connectivity index (χ2v) is 8.17. The van der Waals surface area contributed by atoms with Crippen LogP contribution < -0.4 is 4.74 Å². The number of aliphatic hydroxyl groups is 1. The molecule has 0 spiro atoms. The average Bonchev–Trinajstić information content (AvgIpc) is 2.54. The average molecular weight is 390 g/mol. The summed E-state index contributed by atoms with van der Waals surface area (Å²) in [5.74, 6) is 0.337. The topological polar surface area (TPSA) is 76.5 Å². The van der Waals surface area contributed by atoms with Gasteiger partial charge >= 0.3 is 0 Å². The molecule has 2 rings (SSSR count). The van der Waals surface area contributed by atoms with Crippen LogP contribution in [0.4, 0.5) is 0 Å². The molecule has 1 unspecified atom stereocenters. The third-order valence-corrected chi connectivity index (χ3v) is 5.36. The first-order valence-corrected chi connectivity index (χ1v) is 9.73. The lowest BCUT2D eigenvalue weighted by atomic mass is 10.0. The summed E-state index contributed by atoms with van der Waals surface area (Å²) in [5.41, 5.74) is 1.25. The standard InChI is InChI=1S/C16H17Cl2NO4S/c1-23-16-11(7-12(9-19-16)24(2,21)22)4-6-15(20)10-3-5-13(17)14(18)8-10/h3,5,7-9,15,20H,4,6H2,1-2H3. The number of hydrogen-bond donors (Lipinski definition) is 1. The normalized spacial score (nSPS) is 12.9. The van der Waals surface area contributed by atoms with Gasteiger partial charge in [-0.25, -0.2) is 13.4 Å². The quantitative estimate of drug-likeness (QED) is 0.818. The van der Waals surface area contributed by atoms with Crippen molar-refractivity contribution >= 4 is 33.0 Å². The molecule has 1 aromatic carbocycles.